The van der Waals surface area contributed by atoms with Crippen molar-refractivity contribution < 1.29 is 4.79 Å². The number of hydrogen-bond acceptors (Lipinski definition) is 3. The number of nitrogens with zero attached hydrogens (tertiary/aromatic N) is 1. The molecule has 1 atom stereocenters. The zero-order chi connectivity index (χ0) is 12.8. The maximum atomic E-state index is 11.5. The molecule has 0 spiro atoms. The highest BCUT2D eigenvalue weighted by atomic mass is 16.1. The first-order valence-corrected chi connectivity index (χ1v) is 7.50. The molecule has 2 fully saturated rings. The van der Waals surface area contributed by atoms with Crippen molar-refractivity contribution in [3.05, 3.63) is 0 Å². The Kier molecular flexibility index (Phi) is 5.45. The first kappa shape index (κ1) is 13.8. The average Bonchev–Trinajstić information content (AvgIpc) is 2.61. The molecular weight excluding hydrogens is 226 g/mol. The Balaban J connectivity index is 1.66. The molecule has 0 aromatic heterocycles. The summed E-state index contributed by atoms with van der Waals surface area (Å²) >= 11 is 0. The number of carbonyl (C=O) groups is 1. The molecule has 0 aromatic rings. The van der Waals surface area contributed by atoms with Gasteiger partial charge in [-0.3, -0.25) is 4.79 Å². The van der Waals surface area contributed by atoms with Crippen LogP contribution in [-0.2, 0) is 4.79 Å². The lowest BCUT2D eigenvalue weighted by molar-refractivity contribution is -0.121. The summed E-state index contributed by atoms with van der Waals surface area (Å²) in [7, 11) is 0. The van der Waals surface area contributed by atoms with Crippen molar-refractivity contribution >= 4 is 5.91 Å². The number of likely N-dealkylation sites (tertiary alicyclic amines) is 1. The van der Waals surface area contributed by atoms with Gasteiger partial charge >= 0.3 is 0 Å². The van der Waals surface area contributed by atoms with Gasteiger partial charge in [0.2, 0.25) is 5.91 Å². The van der Waals surface area contributed by atoms with Crippen LogP contribution in [0.2, 0.25) is 0 Å². The van der Waals surface area contributed by atoms with Gasteiger partial charge in [-0.25, -0.2) is 0 Å². The van der Waals surface area contributed by atoms with Crippen LogP contribution in [0.15, 0.2) is 0 Å². The van der Waals surface area contributed by atoms with Crippen molar-refractivity contribution in [3.63, 3.8) is 0 Å². The summed E-state index contributed by atoms with van der Waals surface area (Å²) in [6.45, 7) is 7.86. The van der Waals surface area contributed by atoms with Crippen LogP contribution in [-0.4, -0.2) is 49.6 Å². The number of piperidine rings is 1. The van der Waals surface area contributed by atoms with E-state index in [-0.39, 0.29) is 5.91 Å². The fraction of sp³-hybridized carbons (Fsp3) is 0.929. The van der Waals surface area contributed by atoms with E-state index in [0.29, 0.717) is 12.5 Å². The fourth-order valence-electron chi connectivity index (χ4n) is 2.99. The minimum Gasteiger partial charge on any atom is -0.356 e. The van der Waals surface area contributed by atoms with Crippen molar-refractivity contribution in [3.8, 4) is 0 Å². The molecule has 1 unspecified atom stereocenters. The van der Waals surface area contributed by atoms with E-state index in [2.05, 4.69) is 22.5 Å². The maximum absolute atomic E-state index is 11.5. The molecule has 0 bridgehead atoms. The smallest absolute Gasteiger partial charge is 0.221 e. The van der Waals surface area contributed by atoms with Crippen molar-refractivity contribution in [2.45, 2.75) is 45.1 Å². The zero-order valence-electron chi connectivity index (χ0n) is 11.6. The second kappa shape index (κ2) is 7.10. The molecule has 0 saturated carbocycles. The molecule has 18 heavy (non-hydrogen) atoms. The molecule has 0 aromatic carbocycles. The van der Waals surface area contributed by atoms with Gasteiger partial charge in [-0.2, -0.15) is 0 Å². The SMILES string of the molecule is CCN1CCC(CNC2CCCNC(=O)C2)CC1. The van der Waals surface area contributed by atoms with Crippen molar-refractivity contribution in [1.82, 2.24) is 15.5 Å². The number of rotatable bonds is 4. The predicted octanol–water partition coefficient (Wildman–Crippen LogP) is 0.977. The van der Waals surface area contributed by atoms with Crippen LogP contribution in [0, 0.1) is 5.92 Å². The Morgan fingerprint density at radius 1 is 1.33 bits per heavy atom. The first-order chi connectivity index (χ1) is 8.78. The van der Waals surface area contributed by atoms with Crippen LogP contribution in [0.1, 0.15) is 39.0 Å². The summed E-state index contributed by atoms with van der Waals surface area (Å²) in [5.74, 6) is 1.02. The highest BCUT2D eigenvalue weighted by Crippen LogP contribution is 2.17. The quantitative estimate of drug-likeness (QED) is 0.785. The summed E-state index contributed by atoms with van der Waals surface area (Å²) in [4.78, 5) is 14.0. The molecule has 2 aliphatic heterocycles. The van der Waals surface area contributed by atoms with E-state index in [9.17, 15) is 4.79 Å². The Morgan fingerprint density at radius 3 is 2.83 bits per heavy atom. The van der Waals surface area contributed by atoms with E-state index in [1.165, 1.54) is 32.5 Å². The van der Waals surface area contributed by atoms with Gasteiger partial charge in [-0.05, 0) is 57.8 Å². The van der Waals surface area contributed by atoms with E-state index in [0.717, 1.165) is 31.8 Å². The molecule has 4 heteroatoms. The molecule has 4 nitrogen and oxygen atoms in total. The zero-order valence-corrected chi connectivity index (χ0v) is 11.6. The lowest BCUT2D eigenvalue weighted by Gasteiger charge is -2.32. The lowest BCUT2D eigenvalue weighted by atomic mass is 9.96. The Bertz CT molecular complexity index is 262. The normalized spacial score (nSPS) is 27.8. The fourth-order valence-corrected chi connectivity index (χ4v) is 2.99. The molecule has 2 saturated heterocycles. The minimum atomic E-state index is 0.214. The van der Waals surface area contributed by atoms with E-state index in [1.54, 1.807) is 0 Å². The van der Waals surface area contributed by atoms with Crippen molar-refractivity contribution in [2.24, 2.45) is 5.92 Å². The number of hydrogen-bond donors (Lipinski definition) is 2. The van der Waals surface area contributed by atoms with Crippen LogP contribution in [0.25, 0.3) is 0 Å². The average molecular weight is 253 g/mol. The molecule has 0 radical (unpaired) electrons. The number of nitrogens with one attached hydrogen (secondary N) is 2. The van der Waals surface area contributed by atoms with Gasteiger partial charge in [-0.1, -0.05) is 6.92 Å². The van der Waals surface area contributed by atoms with Crippen LogP contribution in [0.3, 0.4) is 0 Å². The summed E-state index contributed by atoms with van der Waals surface area (Å²) in [6.07, 6.45) is 5.51. The summed E-state index contributed by atoms with van der Waals surface area (Å²) in [5.41, 5.74) is 0. The third-order valence-corrected chi connectivity index (χ3v) is 4.33. The third kappa shape index (κ3) is 4.25. The highest BCUT2D eigenvalue weighted by molar-refractivity contribution is 5.76. The molecule has 1 amide bonds. The van der Waals surface area contributed by atoms with Gasteiger partial charge in [0.15, 0.2) is 0 Å². The maximum Gasteiger partial charge on any atom is 0.221 e. The van der Waals surface area contributed by atoms with Gasteiger partial charge in [-0.15, -0.1) is 0 Å². The molecule has 2 heterocycles. The molecule has 2 N–H and O–H groups in total. The number of carbonyl (C=O) groups excluding carboxylic acids is 1. The minimum absolute atomic E-state index is 0.214. The second-order valence-electron chi connectivity index (χ2n) is 5.68. The standard InChI is InChI=1S/C14H27N3O/c1-2-17-8-5-12(6-9-17)11-16-13-4-3-7-15-14(18)10-13/h12-13,16H,2-11H2,1H3,(H,15,18). The van der Waals surface area contributed by atoms with Crippen LogP contribution < -0.4 is 10.6 Å². The predicted molar refractivity (Wildman–Crippen MR) is 73.5 cm³/mol. The van der Waals surface area contributed by atoms with Crippen molar-refractivity contribution in [2.75, 3.05) is 32.7 Å². The third-order valence-electron chi connectivity index (χ3n) is 4.33. The molecule has 0 aliphatic carbocycles. The van der Waals surface area contributed by atoms with Gasteiger partial charge in [0.25, 0.3) is 0 Å². The largest absolute Gasteiger partial charge is 0.356 e. The summed E-state index contributed by atoms with van der Waals surface area (Å²) in [5, 5.41) is 6.56. The molecular formula is C14H27N3O. The Morgan fingerprint density at radius 2 is 2.11 bits per heavy atom. The molecule has 2 rings (SSSR count). The monoisotopic (exact) mass is 253 g/mol. The Labute approximate surface area is 110 Å². The molecule has 2 aliphatic rings. The second-order valence-corrected chi connectivity index (χ2v) is 5.68. The van der Waals surface area contributed by atoms with Gasteiger partial charge in [0.05, 0.1) is 0 Å². The summed E-state index contributed by atoms with van der Waals surface area (Å²) in [6, 6.07) is 0.400. The van der Waals surface area contributed by atoms with Gasteiger partial charge in [0, 0.05) is 19.0 Å². The lowest BCUT2D eigenvalue weighted by Crippen LogP contribution is -2.40. The van der Waals surface area contributed by atoms with Crippen LogP contribution in [0.4, 0.5) is 0 Å². The summed E-state index contributed by atoms with van der Waals surface area (Å²) < 4.78 is 0. The van der Waals surface area contributed by atoms with E-state index in [4.69, 9.17) is 0 Å². The first-order valence-electron chi connectivity index (χ1n) is 7.50. The topological polar surface area (TPSA) is 44.4 Å². The van der Waals surface area contributed by atoms with E-state index >= 15 is 0 Å². The Hall–Kier alpha value is -0.610. The van der Waals surface area contributed by atoms with Crippen LogP contribution >= 0.6 is 0 Å². The highest BCUT2D eigenvalue weighted by Gasteiger charge is 2.21. The van der Waals surface area contributed by atoms with Gasteiger partial charge in [0.1, 0.15) is 0 Å². The van der Waals surface area contributed by atoms with E-state index in [1.807, 2.05) is 0 Å². The van der Waals surface area contributed by atoms with Crippen LogP contribution in [0.5, 0.6) is 0 Å². The molecule has 104 valence electrons. The number of amides is 1. The van der Waals surface area contributed by atoms with Crippen molar-refractivity contribution in [1.29, 1.82) is 0 Å². The van der Waals surface area contributed by atoms with E-state index < -0.39 is 0 Å². The van der Waals surface area contributed by atoms with Gasteiger partial charge < -0.3 is 15.5 Å².